The minimum Gasteiger partial charge on any atom is -0.456 e. The number of hydrogen-bond donors (Lipinski definition) is 0. The van der Waals surface area contributed by atoms with Gasteiger partial charge in [-0.15, -0.1) is 0 Å². The predicted octanol–water partition coefficient (Wildman–Crippen LogP) is 4.82. The molecule has 0 radical (unpaired) electrons. The molecular formula is C22H14O4. The average Bonchev–Trinajstić information content (AvgIpc) is 2.72. The minimum atomic E-state index is -2.41. The van der Waals surface area contributed by atoms with Crippen LogP contribution in [-0.2, 0) is 0 Å². The van der Waals surface area contributed by atoms with Crippen molar-refractivity contribution in [1.82, 2.24) is 0 Å². The lowest BCUT2D eigenvalue weighted by Crippen LogP contribution is -2.07. The van der Waals surface area contributed by atoms with Gasteiger partial charge in [-0.3, -0.25) is 9.59 Å². The third-order valence-corrected chi connectivity index (χ3v) is 4.47. The zero-order valence-corrected chi connectivity index (χ0v) is 13.3. The monoisotopic (exact) mass is 348 g/mol. The molecule has 0 unspecified atom stereocenters. The third kappa shape index (κ3) is 1.96. The molecule has 126 valence electrons. The molecule has 0 aliphatic heterocycles. The SMILES string of the molecule is [2H]C([2H])([2H])c1ccc2oc3c(ccc4oc5ccc(C([2H])([2H])[2H])cc5c(=O)c43)c(=O)c2c1. The summed E-state index contributed by atoms with van der Waals surface area (Å²) in [5, 5.41) is 0.238. The van der Waals surface area contributed by atoms with Crippen LogP contribution in [0, 0.1) is 13.7 Å². The lowest BCUT2D eigenvalue weighted by atomic mass is 10.1. The first-order valence-electron chi connectivity index (χ1n) is 10.9. The molecule has 0 bridgehead atoms. The summed E-state index contributed by atoms with van der Waals surface area (Å²) in [6, 6.07) is 11.0. The van der Waals surface area contributed by atoms with Crippen molar-refractivity contribution in [3.8, 4) is 0 Å². The van der Waals surface area contributed by atoms with Gasteiger partial charge in [0.25, 0.3) is 0 Å². The highest BCUT2D eigenvalue weighted by molar-refractivity contribution is 6.07. The molecule has 4 heteroatoms. The number of rotatable bonds is 0. The standard InChI is InChI=1S/C22H14O4/c1-11-4-7-17-14(9-11)20(23)13-5-8-18-19(22(13)26-17)21(24)15-10-12(2)3-6-16(15)25-18/h3-10H,1-2H3/i1D3,2D3. The van der Waals surface area contributed by atoms with E-state index in [-0.39, 0.29) is 55.0 Å². The predicted molar refractivity (Wildman–Crippen MR) is 103 cm³/mol. The number of fused-ring (bicyclic) bond motifs is 5. The summed E-state index contributed by atoms with van der Waals surface area (Å²) in [5.41, 5.74) is -0.514. The lowest BCUT2D eigenvalue weighted by molar-refractivity contribution is 0.649. The second-order valence-corrected chi connectivity index (χ2v) is 6.10. The first-order chi connectivity index (χ1) is 14.9. The van der Waals surface area contributed by atoms with E-state index in [1.807, 2.05) is 0 Å². The van der Waals surface area contributed by atoms with E-state index in [4.69, 9.17) is 17.1 Å². The fourth-order valence-electron chi connectivity index (χ4n) is 3.25. The van der Waals surface area contributed by atoms with Gasteiger partial charge >= 0.3 is 0 Å². The van der Waals surface area contributed by atoms with Gasteiger partial charge < -0.3 is 8.83 Å². The van der Waals surface area contributed by atoms with Crippen LogP contribution < -0.4 is 10.9 Å². The summed E-state index contributed by atoms with van der Waals surface area (Å²) in [6.07, 6.45) is 0. The minimum absolute atomic E-state index is 0.000131. The first-order valence-corrected chi connectivity index (χ1v) is 7.86. The molecule has 2 heterocycles. The van der Waals surface area contributed by atoms with Crippen LogP contribution in [-0.4, -0.2) is 0 Å². The van der Waals surface area contributed by atoms with Gasteiger partial charge in [0.1, 0.15) is 22.1 Å². The molecule has 5 rings (SSSR count). The molecule has 0 N–H and O–H groups in total. The van der Waals surface area contributed by atoms with Gasteiger partial charge in [0.05, 0.1) is 16.2 Å². The van der Waals surface area contributed by atoms with Crippen LogP contribution in [0.4, 0.5) is 0 Å². The van der Waals surface area contributed by atoms with E-state index in [0.717, 1.165) is 0 Å². The Morgan fingerprint density at radius 1 is 0.692 bits per heavy atom. The van der Waals surface area contributed by atoms with E-state index in [1.165, 1.54) is 48.5 Å². The molecule has 26 heavy (non-hydrogen) atoms. The normalized spacial score (nSPS) is 16.2. The van der Waals surface area contributed by atoms with E-state index < -0.39 is 24.6 Å². The first kappa shape index (κ1) is 9.92. The van der Waals surface area contributed by atoms with Crippen molar-refractivity contribution in [2.45, 2.75) is 13.7 Å². The molecule has 0 spiro atoms. The van der Waals surface area contributed by atoms with Crippen molar-refractivity contribution >= 4 is 43.9 Å². The van der Waals surface area contributed by atoms with Crippen LogP contribution in [0.2, 0.25) is 0 Å². The van der Waals surface area contributed by atoms with Crippen LogP contribution in [0.15, 0.2) is 67.0 Å². The highest BCUT2D eigenvalue weighted by Gasteiger charge is 2.16. The molecule has 0 atom stereocenters. The van der Waals surface area contributed by atoms with Crippen molar-refractivity contribution in [1.29, 1.82) is 0 Å². The summed E-state index contributed by atoms with van der Waals surface area (Å²) in [4.78, 5) is 26.5. The second-order valence-electron chi connectivity index (χ2n) is 6.10. The van der Waals surface area contributed by atoms with Gasteiger partial charge in [0.2, 0.25) is 10.9 Å². The Balaban J connectivity index is 1.92. The second kappa shape index (κ2) is 5.05. The van der Waals surface area contributed by atoms with Crippen LogP contribution in [0.5, 0.6) is 0 Å². The third-order valence-electron chi connectivity index (χ3n) is 4.47. The molecule has 0 aliphatic carbocycles. The summed E-state index contributed by atoms with van der Waals surface area (Å²) in [6.45, 7) is -4.79. The van der Waals surface area contributed by atoms with E-state index in [2.05, 4.69) is 0 Å². The molecule has 0 fully saturated rings. The van der Waals surface area contributed by atoms with E-state index in [0.29, 0.717) is 0 Å². The van der Waals surface area contributed by atoms with E-state index in [9.17, 15) is 9.59 Å². The van der Waals surface area contributed by atoms with Crippen molar-refractivity contribution in [3.63, 3.8) is 0 Å². The highest BCUT2D eigenvalue weighted by atomic mass is 16.3. The molecule has 0 amide bonds. The number of aryl methyl sites for hydroxylation is 2. The lowest BCUT2D eigenvalue weighted by Gasteiger charge is -2.06. The zero-order chi connectivity index (χ0) is 23.0. The van der Waals surface area contributed by atoms with E-state index in [1.54, 1.807) is 0 Å². The average molecular weight is 348 g/mol. The Morgan fingerprint density at radius 2 is 1.31 bits per heavy atom. The Morgan fingerprint density at radius 3 is 2.00 bits per heavy atom. The van der Waals surface area contributed by atoms with Crippen molar-refractivity contribution < 1.29 is 17.1 Å². The molecule has 0 aliphatic rings. The Labute approximate surface area is 155 Å². The van der Waals surface area contributed by atoms with Crippen molar-refractivity contribution in [2.75, 3.05) is 0 Å². The van der Waals surface area contributed by atoms with Gasteiger partial charge in [-0.2, -0.15) is 0 Å². The smallest absolute Gasteiger partial charge is 0.204 e. The van der Waals surface area contributed by atoms with Gasteiger partial charge in [-0.05, 0) is 50.1 Å². The molecular weight excluding hydrogens is 328 g/mol. The molecule has 2 aromatic heterocycles. The van der Waals surface area contributed by atoms with Gasteiger partial charge in [-0.1, -0.05) is 23.3 Å². The maximum absolute atomic E-state index is 13.3. The molecule has 4 nitrogen and oxygen atoms in total. The number of hydrogen-bond acceptors (Lipinski definition) is 4. The van der Waals surface area contributed by atoms with Gasteiger partial charge in [0.15, 0.2) is 5.58 Å². The van der Waals surface area contributed by atoms with Crippen LogP contribution in [0.3, 0.4) is 0 Å². The van der Waals surface area contributed by atoms with Crippen LogP contribution >= 0.6 is 0 Å². The molecule has 3 aromatic carbocycles. The Hall–Kier alpha value is -3.40. The van der Waals surface area contributed by atoms with Crippen molar-refractivity contribution in [2.24, 2.45) is 0 Å². The van der Waals surface area contributed by atoms with Gasteiger partial charge in [0, 0.05) is 8.22 Å². The topological polar surface area (TPSA) is 60.4 Å². The fourth-order valence-corrected chi connectivity index (χ4v) is 3.25. The zero-order valence-electron chi connectivity index (χ0n) is 19.3. The molecule has 0 saturated carbocycles. The molecule has 5 aromatic rings. The largest absolute Gasteiger partial charge is 0.456 e. The van der Waals surface area contributed by atoms with Crippen LogP contribution in [0.1, 0.15) is 19.4 Å². The maximum Gasteiger partial charge on any atom is 0.204 e. The van der Waals surface area contributed by atoms with E-state index >= 15 is 0 Å². The quantitative estimate of drug-likeness (QED) is 0.297. The maximum atomic E-state index is 13.3. The molecule has 0 saturated heterocycles. The Kier molecular flexibility index (Phi) is 1.93. The van der Waals surface area contributed by atoms with Gasteiger partial charge in [-0.25, -0.2) is 0 Å². The summed E-state index contributed by atoms with van der Waals surface area (Å²) in [7, 11) is 0. The summed E-state index contributed by atoms with van der Waals surface area (Å²) < 4.78 is 57.1. The summed E-state index contributed by atoms with van der Waals surface area (Å²) >= 11 is 0. The Bertz CT molecular complexity index is 1690. The highest BCUT2D eigenvalue weighted by Crippen LogP contribution is 2.27. The summed E-state index contributed by atoms with van der Waals surface area (Å²) in [5.74, 6) is 0. The fraction of sp³-hybridized carbons (Fsp3) is 0.0909. The van der Waals surface area contributed by atoms with Crippen LogP contribution in [0.25, 0.3) is 43.9 Å². The number of benzene rings is 3. The van der Waals surface area contributed by atoms with Crippen molar-refractivity contribution in [3.05, 3.63) is 80.1 Å².